The molecule has 30 heavy (non-hydrogen) atoms. The van der Waals surface area contributed by atoms with Gasteiger partial charge < -0.3 is 41.5 Å². The first-order valence-electron chi connectivity index (χ1n) is 8.78. The molecule has 0 saturated carbocycles. The quantitative estimate of drug-likeness (QED) is 0.138. The van der Waals surface area contributed by atoms with Gasteiger partial charge >= 0.3 is 0 Å². The maximum atomic E-state index is 12.9. The summed E-state index contributed by atoms with van der Waals surface area (Å²) in [4.78, 5) is 25.0. The number of benzene rings is 1. The summed E-state index contributed by atoms with van der Waals surface area (Å²) < 4.78 is 1.60. The van der Waals surface area contributed by atoms with Crippen LogP contribution in [0.5, 0.6) is 0 Å². The van der Waals surface area contributed by atoms with E-state index in [0.29, 0.717) is 22.0 Å². The van der Waals surface area contributed by atoms with Crippen molar-refractivity contribution in [2.45, 2.75) is 31.7 Å². The van der Waals surface area contributed by atoms with Crippen LogP contribution < -0.4 is 16.0 Å². The van der Waals surface area contributed by atoms with Crippen molar-refractivity contribution in [2.24, 2.45) is 0 Å². The Hall–Kier alpha value is 0.110. The van der Waals surface area contributed by atoms with E-state index in [1.807, 2.05) is 67.8 Å². The van der Waals surface area contributed by atoms with Crippen molar-refractivity contribution in [3.63, 3.8) is 0 Å². The molecule has 0 aromatic heterocycles. The number of halogens is 3. The van der Waals surface area contributed by atoms with Crippen molar-refractivity contribution < 1.29 is 35.1 Å². The molecule has 0 radical (unpaired) electrons. The first kappa shape index (κ1) is 28.1. The molecule has 8 N–H and O–H groups in total. The minimum atomic E-state index is -1.27. The molecule has 0 spiro atoms. The third-order valence-electron chi connectivity index (χ3n) is 4.05. The first-order valence-corrected chi connectivity index (χ1v) is 12.0. The molecule has 0 fully saturated rings. The predicted molar refractivity (Wildman–Crippen MR) is 135 cm³/mol. The van der Waals surface area contributed by atoms with Gasteiger partial charge in [0.2, 0.25) is 0 Å². The summed E-state index contributed by atoms with van der Waals surface area (Å²) in [5.74, 6) is -1.20. The van der Waals surface area contributed by atoms with Crippen LogP contribution in [0.4, 0.5) is 5.69 Å². The fraction of sp³-hybridized carbons (Fsp3) is 0.529. The molecule has 1 aromatic rings. The molecule has 1 aromatic carbocycles. The molecule has 170 valence electrons. The minimum absolute atomic E-state index is 0.181. The molecule has 0 saturated heterocycles. The zero-order valence-corrected chi connectivity index (χ0v) is 22.4. The third-order valence-corrected chi connectivity index (χ3v) is 7.51. The van der Waals surface area contributed by atoms with Crippen molar-refractivity contribution in [1.29, 1.82) is 0 Å². The Morgan fingerprint density at radius 3 is 1.90 bits per heavy atom. The molecule has 2 amide bonds. The van der Waals surface area contributed by atoms with Crippen LogP contribution >= 0.6 is 67.8 Å². The minimum Gasteiger partial charge on any atom is -0.395 e. The maximum absolute atomic E-state index is 12.9. The van der Waals surface area contributed by atoms with Gasteiger partial charge in [0.05, 0.1) is 53.3 Å². The Bertz CT molecular complexity index is 757. The summed E-state index contributed by atoms with van der Waals surface area (Å²) in [6, 6.07) is -1.43. The van der Waals surface area contributed by atoms with E-state index in [-0.39, 0.29) is 25.3 Å². The van der Waals surface area contributed by atoms with Crippen molar-refractivity contribution >= 4 is 85.3 Å². The number of hydrogen-bond donors (Lipinski definition) is 8. The number of aliphatic hydroxyl groups excluding tert-OH is 5. The van der Waals surface area contributed by atoms with Gasteiger partial charge in [0.25, 0.3) is 11.8 Å². The molecule has 1 atom stereocenters. The summed E-state index contributed by atoms with van der Waals surface area (Å²) in [6.07, 6.45) is -1.27. The van der Waals surface area contributed by atoms with Gasteiger partial charge in [-0.2, -0.15) is 0 Å². The monoisotopic (exact) mass is 763 g/mol. The maximum Gasteiger partial charge on any atom is 0.253 e. The van der Waals surface area contributed by atoms with E-state index >= 15 is 0 Å². The Morgan fingerprint density at radius 1 is 0.900 bits per heavy atom. The number of rotatable bonds is 11. The Morgan fingerprint density at radius 2 is 1.43 bits per heavy atom. The summed E-state index contributed by atoms with van der Waals surface area (Å²) in [5, 5.41) is 54.8. The van der Waals surface area contributed by atoms with Crippen molar-refractivity contribution in [3.05, 3.63) is 21.8 Å². The molecule has 1 rings (SSSR count). The van der Waals surface area contributed by atoms with Gasteiger partial charge in [-0.1, -0.05) is 0 Å². The molecular formula is C17H24I3N3O7. The fourth-order valence-corrected chi connectivity index (χ4v) is 6.55. The summed E-state index contributed by atoms with van der Waals surface area (Å²) in [5.41, 5.74) is 1.20. The molecule has 0 aliphatic carbocycles. The van der Waals surface area contributed by atoms with E-state index in [9.17, 15) is 35.1 Å². The van der Waals surface area contributed by atoms with Gasteiger partial charge in [-0.05, 0) is 80.3 Å². The van der Waals surface area contributed by atoms with Gasteiger partial charge in [-0.3, -0.25) is 9.59 Å². The highest BCUT2D eigenvalue weighted by atomic mass is 127. The Kier molecular flexibility index (Phi) is 12.8. The second kappa shape index (κ2) is 13.6. The lowest BCUT2D eigenvalue weighted by Gasteiger charge is -2.23. The van der Waals surface area contributed by atoms with Crippen LogP contribution in [0.3, 0.4) is 0 Å². The van der Waals surface area contributed by atoms with Gasteiger partial charge in [0, 0.05) is 13.7 Å². The van der Waals surface area contributed by atoms with E-state index in [1.54, 1.807) is 0 Å². The van der Waals surface area contributed by atoms with Crippen LogP contribution in [0.1, 0.15) is 22.8 Å². The zero-order valence-electron chi connectivity index (χ0n) is 16.0. The van der Waals surface area contributed by atoms with E-state index in [1.165, 1.54) is 6.92 Å². The fourth-order valence-electron chi connectivity index (χ4n) is 2.25. The van der Waals surface area contributed by atoms with Gasteiger partial charge in [0.1, 0.15) is 6.10 Å². The molecule has 0 aliphatic heterocycles. The van der Waals surface area contributed by atoms with Crippen LogP contribution in [0, 0.1) is 10.7 Å². The van der Waals surface area contributed by atoms with Gasteiger partial charge in [-0.15, -0.1) is 0 Å². The highest BCUT2D eigenvalue weighted by molar-refractivity contribution is 14.1. The average Bonchev–Trinajstić information content (AvgIpc) is 2.71. The summed E-state index contributed by atoms with van der Waals surface area (Å²) in [6.45, 7) is 0.0187. The van der Waals surface area contributed by atoms with Gasteiger partial charge in [-0.25, -0.2) is 0 Å². The predicted octanol–water partition coefficient (Wildman–Crippen LogP) is -0.655. The SMILES string of the molecule is CC(O)C(=O)Nc1c(I)c(CNC(CO)CO)c(I)c(C(=O)NC(CO)CO)c1I. The topological polar surface area (TPSA) is 171 Å². The van der Waals surface area contributed by atoms with Gasteiger partial charge in [0.15, 0.2) is 0 Å². The van der Waals surface area contributed by atoms with E-state index < -0.39 is 43.2 Å². The smallest absolute Gasteiger partial charge is 0.253 e. The highest BCUT2D eigenvalue weighted by Crippen LogP contribution is 2.36. The van der Waals surface area contributed by atoms with Crippen molar-refractivity contribution in [2.75, 3.05) is 31.7 Å². The van der Waals surface area contributed by atoms with Crippen LogP contribution in [-0.2, 0) is 11.3 Å². The Balaban J connectivity index is 3.51. The standard InChI is InChI=1S/C17H24I3N3O7/c1-7(28)16(29)23-15-13(19)10(2-21-8(3-24)4-25)12(18)11(14(15)20)17(30)22-9(5-26)6-27/h7-9,21,24-28H,2-6H2,1H3,(H,22,30)(H,23,29). The first-order chi connectivity index (χ1) is 14.1. The third kappa shape index (κ3) is 7.32. The van der Waals surface area contributed by atoms with E-state index in [4.69, 9.17) is 0 Å². The number of carbonyl (C=O) groups excluding carboxylic acids is 2. The molecule has 0 bridgehead atoms. The molecule has 1 unspecified atom stereocenters. The normalized spacial score (nSPS) is 12.4. The molecular weight excluding hydrogens is 739 g/mol. The Labute approximate surface area is 214 Å². The molecule has 10 nitrogen and oxygen atoms in total. The number of nitrogens with one attached hydrogen (secondary N) is 3. The van der Waals surface area contributed by atoms with Crippen LogP contribution in [0.25, 0.3) is 0 Å². The number of amides is 2. The lowest BCUT2D eigenvalue weighted by Crippen LogP contribution is -2.41. The largest absolute Gasteiger partial charge is 0.395 e. The highest BCUT2D eigenvalue weighted by Gasteiger charge is 2.27. The van der Waals surface area contributed by atoms with E-state index in [2.05, 4.69) is 16.0 Å². The molecule has 13 heteroatoms. The van der Waals surface area contributed by atoms with Crippen molar-refractivity contribution in [3.8, 4) is 0 Å². The zero-order chi connectivity index (χ0) is 23.0. The number of hydrogen-bond acceptors (Lipinski definition) is 8. The lowest BCUT2D eigenvalue weighted by atomic mass is 10.1. The molecule has 0 aliphatic rings. The number of anilines is 1. The van der Waals surface area contributed by atoms with Crippen LogP contribution in [0.15, 0.2) is 0 Å². The second-order valence-electron chi connectivity index (χ2n) is 6.31. The average molecular weight is 763 g/mol. The molecule has 0 heterocycles. The van der Waals surface area contributed by atoms with Crippen molar-refractivity contribution in [1.82, 2.24) is 10.6 Å². The van der Waals surface area contributed by atoms with E-state index in [0.717, 1.165) is 0 Å². The number of carbonyl (C=O) groups is 2. The number of aliphatic hydroxyl groups is 5. The lowest BCUT2D eigenvalue weighted by molar-refractivity contribution is -0.123. The second-order valence-corrected chi connectivity index (χ2v) is 9.55. The van der Waals surface area contributed by atoms with Crippen LogP contribution in [-0.4, -0.2) is 82.0 Å². The van der Waals surface area contributed by atoms with Crippen LogP contribution in [0.2, 0.25) is 0 Å². The summed E-state index contributed by atoms with van der Waals surface area (Å²) >= 11 is 5.92. The summed E-state index contributed by atoms with van der Waals surface area (Å²) in [7, 11) is 0.